The van der Waals surface area contributed by atoms with Crippen LogP contribution in [-0.4, -0.2) is 25.7 Å². The van der Waals surface area contributed by atoms with Gasteiger partial charge < -0.3 is 5.32 Å². The highest BCUT2D eigenvalue weighted by atomic mass is 32.1. The molecule has 4 aliphatic carbocycles. The fourth-order valence-corrected chi connectivity index (χ4v) is 7.35. The lowest BCUT2D eigenvalue weighted by molar-refractivity contribution is -0.140. The number of carbonyl (C=O) groups excluding carboxylic acids is 1. The van der Waals surface area contributed by atoms with Gasteiger partial charge in [-0.3, -0.25) is 14.6 Å². The van der Waals surface area contributed by atoms with Gasteiger partial charge in [-0.2, -0.15) is 9.78 Å². The van der Waals surface area contributed by atoms with Crippen molar-refractivity contribution < 1.29 is 4.79 Å². The molecule has 0 unspecified atom stereocenters. The predicted molar refractivity (Wildman–Crippen MR) is 129 cm³/mol. The van der Waals surface area contributed by atoms with E-state index < -0.39 is 0 Å². The van der Waals surface area contributed by atoms with Crippen LogP contribution in [-0.2, 0) is 4.79 Å². The standard InChI is InChI=1S/C25H29N5O2S/c1-14(2)18-10-22(31)28-24(26-18)30-21(9-19(29-30)20-4-3-5-33-20)27-23(32)25-11-15-6-16(12-25)8-17(7-15)13-25/h3-5,9-10,14-17H,6-8,11-13H2,1-2H3,(H,27,32)(H,26,28,31). The quantitative estimate of drug-likeness (QED) is 0.559. The van der Waals surface area contributed by atoms with Gasteiger partial charge >= 0.3 is 0 Å². The second-order valence-electron chi connectivity index (χ2n) is 10.6. The molecule has 7 rings (SSSR count). The van der Waals surface area contributed by atoms with Crippen molar-refractivity contribution >= 4 is 23.1 Å². The molecule has 4 fully saturated rings. The van der Waals surface area contributed by atoms with Gasteiger partial charge in [-0.15, -0.1) is 11.3 Å². The van der Waals surface area contributed by atoms with Crippen molar-refractivity contribution in [2.45, 2.75) is 58.3 Å². The zero-order chi connectivity index (χ0) is 22.7. The maximum Gasteiger partial charge on any atom is 0.252 e. The molecule has 3 heterocycles. The van der Waals surface area contributed by atoms with E-state index in [1.54, 1.807) is 16.0 Å². The van der Waals surface area contributed by atoms with Crippen LogP contribution in [0.3, 0.4) is 0 Å². The summed E-state index contributed by atoms with van der Waals surface area (Å²) in [6.07, 6.45) is 6.86. The number of thiophene rings is 1. The monoisotopic (exact) mass is 463 g/mol. The van der Waals surface area contributed by atoms with Crippen molar-refractivity contribution in [3.63, 3.8) is 0 Å². The van der Waals surface area contributed by atoms with E-state index in [4.69, 9.17) is 5.10 Å². The number of amides is 1. The molecule has 4 aliphatic rings. The van der Waals surface area contributed by atoms with E-state index in [0.29, 0.717) is 35.2 Å². The molecule has 0 radical (unpaired) electrons. The summed E-state index contributed by atoms with van der Waals surface area (Å²) in [5, 5.41) is 9.97. The van der Waals surface area contributed by atoms with Crippen LogP contribution in [0, 0.1) is 23.2 Å². The minimum absolute atomic E-state index is 0.0999. The lowest BCUT2D eigenvalue weighted by Crippen LogP contribution is -2.51. The normalized spacial score (nSPS) is 27.9. The van der Waals surface area contributed by atoms with Crippen LogP contribution < -0.4 is 10.9 Å². The molecule has 0 aromatic carbocycles. The first kappa shape index (κ1) is 20.8. The zero-order valence-electron chi connectivity index (χ0n) is 19.0. The molecule has 3 aromatic rings. The fraction of sp³-hybridized carbons (Fsp3) is 0.520. The molecule has 3 aromatic heterocycles. The summed E-state index contributed by atoms with van der Waals surface area (Å²) in [5.74, 6) is 3.15. The minimum atomic E-state index is -0.270. The third kappa shape index (κ3) is 3.64. The maximum absolute atomic E-state index is 13.7. The lowest BCUT2D eigenvalue weighted by atomic mass is 9.49. The lowest BCUT2D eigenvalue weighted by Gasteiger charge is -2.55. The molecular weight excluding hydrogens is 434 g/mol. The number of rotatable bonds is 5. The third-order valence-corrected chi connectivity index (χ3v) is 8.68. The van der Waals surface area contributed by atoms with Gasteiger partial charge in [-0.05, 0) is 73.6 Å². The molecular formula is C25H29N5O2S. The van der Waals surface area contributed by atoms with Crippen molar-refractivity contribution in [1.82, 2.24) is 19.7 Å². The highest BCUT2D eigenvalue weighted by Gasteiger charge is 2.54. The maximum atomic E-state index is 13.7. The SMILES string of the molecule is CC(C)c1cc(=O)[nH]c(-n2nc(-c3cccs3)cc2NC(=O)C23CC4CC(CC(C4)C2)C3)n1. The molecule has 4 bridgehead atoms. The fourth-order valence-electron chi connectivity index (χ4n) is 6.67. The molecule has 0 atom stereocenters. The van der Waals surface area contributed by atoms with Crippen LogP contribution >= 0.6 is 11.3 Å². The first-order valence-corrected chi connectivity index (χ1v) is 12.8. The van der Waals surface area contributed by atoms with Crippen LogP contribution in [0.25, 0.3) is 16.5 Å². The van der Waals surface area contributed by atoms with Crippen LogP contribution in [0.4, 0.5) is 5.82 Å². The Labute approximate surface area is 196 Å². The Morgan fingerprint density at radius 1 is 1.18 bits per heavy atom. The topological polar surface area (TPSA) is 92.7 Å². The van der Waals surface area contributed by atoms with E-state index in [-0.39, 0.29) is 22.8 Å². The van der Waals surface area contributed by atoms with Gasteiger partial charge in [-0.1, -0.05) is 19.9 Å². The molecule has 33 heavy (non-hydrogen) atoms. The van der Waals surface area contributed by atoms with E-state index in [9.17, 15) is 9.59 Å². The molecule has 172 valence electrons. The Bertz CT molecular complexity index is 1220. The smallest absolute Gasteiger partial charge is 0.252 e. The minimum Gasteiger partial charge on any atom is -0.310 e. The van der Waals surface area contributed by atoms with Crippen LogP contribution in [0.1, 0.15) is 64.0 Å². The number of nitrogens with zero attached hydrogens (tertiary/aromatic N) is 3. The summed E-state index contributed by atoms with van der Waals surface area (Å²) in [5.41, 5.74) is 0.951. The number of anilines is 1. The van der Waals surface area contributed by atoms with Gasteiger partial charge in [0, 0.05) is 12.1 Å². The van der Waals surface area contributed by atoms with Gasteiger partial charge in [0.2, 0.25) is 11.9 Å². The summed E-state index contributed by atoms with van der Waals surface area (Å²) in [4.78, 5) is 34.6. The van der Waals surface area contributed by atoms with E-state index in [0.717, 1.165) is 29.8 Å². The van der Waals surface area contributed by atoms with E-state index in [1.165, 1.54) is 25.3 Å². The summed E-state index contributed by atoms with van der Waals surface area (Å²) in [6.45, 7) is 4.00. The number of hydrogen-bond donors (Lipinski definition) is 2. The van der Waals surface area contributed by atoms with Crippen molar-refractivity contribution in [1.29, 1.82) is 0 Å². The number of carbonyl (C=O) groups is 1. The molecule has 7 nitrogen and oxygen atoms in total. The molecule has 1 amide bonds. The molecule has 0 aliphatic heterocycles. The van der Waals surface area contributed by atoms with Crippen LogP contribution in [0.2, 0.25) is 0 Å². The summed E-state index contributed by atoms with van der Waals surface area (Å²) in [6, 6.07) is 7.40. The Morgan fingerprint density at radius 3 is 2.48 bits per heavy atom. The second kappa shape index (κ2) is 7.65. The average Bonchev–Trinajstić information content (AvgIpc) is 3.42. The highest BCUT2D eigenvalue weighted by Crippen LogP contribution is 2.60. The molecule has 0 saturated heterocycles. The third-order valence-electron chi connectivity index (χ3n) is 7.79. The number of hydrogen-bond acceptors (Lipinski definition) is 5. The van der Waals surface area contributed by atoms with Crippen molar-refractivity contribution in [2.75, 3.05) is 5.32 Å². The number of nitrogens with one attached hydrogen (secondary N) is 2. The van der Waals surface area contributed by atoms with Crippen LogP contribution in [0.5, 0.6) is 0 Å². The molecule has 8 heteroatoms. The Morgan fingerprint density at radius 2 is 1.88 bits per heavy atom. The zero-order valence-corrected chi connectivity index (χ0v) is 19.8. The van der Waals surface area contributed by atoms with Gasteiger partial charge in [0.25, 0.3) is 5.56 Å². The Kier molecular flexibility index (Phi) is 4.83. The average molecular weight is 464 g/mol. The first-order valence-electron chi connectivity index (χ1n) is 12.0. The second-order valence-corrected chi connectivity index (χ2v) is 11.6. The van der Waals surface area contributed by atoms with Crippen molar-refractivity contribution in [3.8, 4) is 16.5 Å². The summed E-state index contributed by atoms with van der Waals surface area (Å²) >= 11 is 1.59. The summed E-state index contributed by atoms with van der Waals surface area (Å²) in [7, 11) is 0. The van der Waals surface area contributed by atoms with Gasteiger partial charge in [0.05, 0.1) is 16.0 Å². The molecule has 4 saturated carbocycles. The highest BCUT2D eigenvalue weighted by molar-refractivity contribution is 7.13. The largest absolute Gasteiger partial charge is 0.310 e. The van der Waals surface area contributed by atoms with Crippen molar-refractivity contribution in [2.24, 2.45) is 23.2 Å². The number of H-pyrrole nitrogens is 1. The summed E-state index contributed by atoms with van der Waals surface area (Å²) < 4.78 is 1.58. The number of aromatic amines is 1. The van der Waals surface area contributed by atoms with Crippen LogP contribution in [0.15, 0.2) is 34.4 Å². The first-order chi connectivity index (χ1) is 15.9. The number of aromatic nitrogens is 4. The predicted octanol–water partition coefficient (Wildman–Crippen LogP) is 4.96. The van der Waals surface area contributed by atoms with Crippen molar-refractivity contribution in [3.05, 3.63) is 45.7 Å². The Hall–Kier alpha value is -2.74. The van der Waals surface area contributed by atoms with Gasteiger partial charge in [0.15, 0.2) is 0 Å². The van der Waals surface area contributed by atoms with E-state index in [1.807, 2.05) is 37.4 Å². The molecule has 0 spiro atoms. The van der Waals surface area contributed by atoms with E-state index in [2.05, 4.69) is 15.3 Å². The van der Waals surface area contributed by atoms with Gasteiger partial charge in [0.1, 0.15) is 11.5 Å². The van der Waals surface area contributed by atoms with E-state index >= 15 is 0 Å². The molecule has 2 N–H and O–H groups in total. The Balaban J connectivity index is 1.39. The van der Waals surface area contributed by atoms with Gasteiger partial charge in [-0.25, -0.2) is 4.98 Å².